The summed E-state index contributed by atoms with van der Waals surface area (Å²) in [5.41, 5.74) is 0.819. The first-order valence-corrected chi connectivity index (χ1v) is 9.07. The van der Waals surface area contributed by atoms with Crippen LogP contribution < -0.4 is 4.31 Å². The fraction of sp³-hybridized carbons (Fsp3) is 0.312. The van der Waals surface area contributed by atoms with E-state index in [0.29, 0.717) is 17.7 Å². The molecular formula is C16H18FN3O3S. The lowest BCUT2D eigenvalue weighted by Gasteiger charge is -2.20. The van der Waals surface area contributed by atoms with Crippen molar-refractivity contribution >= 4 is 22.1 Å². The predicted octanol–water partition coefficient (Wildman–Crippen LogP) is 2.61. The molecule has 128 valence electrons. The smallest absolute Gasteiger partial charge is 0.233 e. The van der Waals surface area contributed by atoms with Gasteiger partial charge in [-0.15, -0.1) is 0 Å². The molecule has 0 aliphatic heterocycles. The van der Waals surface area contributed by atoms with E-state index in [1.165, 1.54) is 31.3 Å². The van der Waals surface area contributed by atoms with Crippen molar-refractivity contribution in [3.05, 3.63) is 41.5 Å². The minimum Gasteiger partial charge on any atom is -0.298 e. The molecule has 0 fully saturated rings. The molecule has 0 bridgehead atoms. The average molecular weight is 351 g/mol. The highest BCUT2D eigenvalue weighted by Gasteiger charge is 2.23. The summed E-state index contributed by atoms with van der Waals surface area (Å²) < 4.78 is 37.9. The average Bonchev–Trinajstić information content (AvgIpc) is 2.52. The second-order valence-corrected chi connectivity index (χ2v) is 7.69. The summed E-state index contributed by atoms with van der Waals surface area (Å²) in [6.45, 7) is 3.71. The third kappa shape index (κ3) is 3.59. The number of rotatable bonds is 5. The molecule has 0 saturated heterocycles. The zero-order chi connectivity index (χ0) is 18.1. The van der Waals surface area contributed by atoms with Gasteiger partial charge in [0.2, 0.25) is 10.0 Å². The van der Waals surface area contributed by atoms with Gasteiger partial charge in [0.1, 0.15) is 11.6 Å². The minimum atomic E-state index is -3.61. The normalized spacial score (nSPS) is 11.6. The van der Waals surface area contributed by atoms with E-state index in [2.05, 4.69) is 9.97 Å². The summed E-state index contributed by atoms with van der Waals surface area (Å²) in [4.78, 5) is 20.3. The fourth-order valence-electron chi connectivity index (χ4n) is 2.07. The van der Waals surface area contributed by atoms with E-state index < -0.39 is 15.8 Å². The Hall–Kier alpha value is -2.35. The molecule has 1 heterocycles. The summed E-state index contributed by atoms with van der Waals surface area (Å²) in [7, 11) is -2.29. The van der Waals surface area contributed by atoms with Crippen LogP contribution >= 0.6 is 0 Å². The minimum absolute atomic E-state index is 0.00512. The van der Waals surface area contributed by atoms with Gasteiger partial charge in [0.15, 0.2) is 12.1 Å². The van der Waals surface area contributed by atoms with Crippen LogP contribution in [0.5, 0.6) is 0 Å². The van der Waals surface area contributed by atoms with Crippen LogP contribution in [0.4, 0.5) is 10.2 Å². The third-order valence-corrected chi connectivity index (χ3v) is 4.66. The van der Waals surface area contributed by atoms with E-state index in [1.807, 2.05) is 13.8 Å². The van der Waals surface area contributed by atoms with Crippen molar-refractivity contribution < 1.29 is 17.6 Å². The highest BCUT2D eigenvalue weighted by atomic mass is 32.2. The van der Waals surface area contributed by atoms with E-state index in [1.54, 1.807) is 0 Å². The predicted molar refractivity (Wildman–Crippen MR) is 90.1 cm³/mol. The molecule has 6 nitrogen and oxygen atoms in total. The molecule has 0 N–H and O–H groups in total. The Bertz CT molecular complexity index is 865. The molecular weight excluding hydrogens is 333 g/mol. The summed E-state index contributed by atoms with van der Waals surface area (Å²) in [6.07, 6.45) is 1.54. The summed E-state index contributed by atoms with van der Waals surface area (Å²) >= 11 is 0. The zero-order valence-corrected chi connectivity index (χ0v) is 14.6. The lowest BCUT2D eigenvalue weighted by molar-refractivity contribution is 0.112. The van der Waals surface area contributed by atoms with Crippen molar-refractivity contribution in [2.24, 2.45) is 0 Å². The molecule has 24 heavy (non-hydrogen) atoms. The number of anilines is 1. The van der Waals surface area contributed by atoms with Crippen molar-refractivity contribution in [1.29, 1.82) is 0 Å². The van der Waals surface area contributed by atoms with Crippen molar-refractivity contribution in [2.45, 2.75) is 19.8 Å². The highest BCUT2D eigenvalue weighted by Crippen LogP contribution is 2.29. The van der Waals surface area contributed by atoms with Gasteiger partial charge in [-0.05, 0) is 24.3 Å². The van der Waals surface area contributed by atoms with Crippen LogP contribution in [0.3, 0.4) is 0 Å². The Labute approximate surface area is 140 Å². The van der Waals surface area contributed by atoms with Gasteiger partial charge in [-0.3, -0.25) is 9.10 Å². The quantitative estimate of drug-likeness (QED) is 0.774. The Morgan fingerprint density at radius 1 is 1.17 bits per heavy atom. The number of benzene rings is 1. The van der Waals surface area contributed by atoms with E-state index in [4.69, 9.17) is 0 Å². The maximum atomic E-state index is 13.2. The van der Waals surface area contributed by atoms with E-state index in [9.17, 15) is 17.6 Å². The van der Waals surface area contributed by atoms with Gasteiger partial charge in [0.25, 0.3) is 0 Å². The molecule has 0 amide bonds. The van der Waals surface area contributed by atoms with E-state index in [-0.39, 0.29) is 23.0 Å². The molecule has 0 radical (unpaired) electrons. The maximum absolute atomic E-state index is 13.2. The molecule has 8 heteroatoms. The van der Waals surface area contributed by atoms with Crippen LogP contribution in [0.2, 0.25) is 0 Å². The number of hydrogen-bond donors (Lipinski definition) is 0. The standard InChI is InChI=1S/C16H18FN3O3S/c1-10(2)15-18-14(11-5-7-12(17)8-6-11)13(9-21)16(19-15)20(3)24(4,22)23/h5-10H,1-4H3. The monoisotopic (exact) mass is 351 g/mol. The largest absolute Gasteiger partial charge is 0.298 e. The molecule has 1 aromatic heterocycles. The third-order valence-electron chi connectivity index (χ3n) is 3.49. The molecule has 0 unspecified atom stereocenters. The van der Waals surface area contributed by atoms with Gasteiger partial charge in [-0.2, -0.15) is 0 Å². The molecule has 1 aromatic carbocycles. The summed E-state index contributed by atoms with van der Waals surface area (Å²) in [6, 6.07) is 5.47. The number of aldehydes is 1. The topological polar surface area (TPSA) is 80.2 Å². The van der Waals surface area contributed by atoms with Crippen molar-refractivity contribution in [3.8, 4) is 11.3 Å². The van der Waals surface area contributed by atoms with E-state index in [0.717, 1.165) is 10.6 Å². The van der Waals surface area contributed by atoms with Gasteiger partial charge < -0.3 is 0 Å². The maximum Gasteiger partial charge on any atom is 0.233 e. The highest BCUT2D eigenvalue weighted by molar-refractivity contribution is 7.92. The van der Waals surface area contributed by atoms with Gasteiger partial charge in [0, 0.05) is 18.5 Å². The molecule has 0 aliphatic rings. The van der Waals surface area contributed by atoms with Crippen molar-refractivity contribution in [1.82, 2.24) is 9.97 Å². The number of sulfonamides is 1. The van der Waals surface area contributed by atoms with Crippen LogP contribution in [0, 0.1) is 5.82 Å². The SMILES string of the molecule is CC(C)c1nc(-c2ccc(F)cc2)c(C=O)c(N(C)S(C)(=O)=O)n1. The summed E-state index contributed by atoms with van der Waals surface area (Å²) in [5, 5.41) is 0. The van der Waals surface area contributed by atoms with Crippen LogP contribution in [-0.4, -0.2) is 38.0 Å². The molecule has 2 aromatic rings. The van der Waals surface area contributed by atoms with Gasteiger partial charge >= 0.3 is 0 Å². The van der Waals surface area contributed by atoms with Crippen LogP contribution in [-0.2, 0) is 10.0 Å². The Balaban J connectivity index is 2.80. The lowest BCUT2D eigenvalue weighted by Crippen LogP contribution is -2.28. The number of nitrogens with zero attached hydrogens (tertiary/aromatic N) is 3. The summed E-state index contributed by atoms with van der Waals surface area (Å²) in [5.74, 6) is -0.106. The Morgan fingerprint density at radius 2 is 1.75 bits per heavy atom. The first-order valence-electron chi connectivity index (χ1n) is 7.22. The van der Waals surface area contributed by atoms with Crippen LogP contribution in [0.15, 0.2) is 24.3 Å². The Kier molecular flexibility index (Phi) is 4.98. The molecule has 0 spiro atoms. The second-order valence-electron chi connectivity index (χ2n) is 5.68. The number of carbonyl (C=O) groups is 1. The number of halogens is 1. The lowest BCUT2D eigenvalue weighted by atomic mass is 10.1. The van der Waals surface area contributed by atoms with Crippen molar-refractivity contribution in [2.75, 3.05) is 17.6 Å². The van der Waals surface area contributed by atoms with E-state index >= 15 is 0 Å². The van der Waals surface area contributed by atoms with Gasteiger partial charge in [-0.1, -0.05) is 13.8 Å². The van der Waals surface area contributed by atoms with Gasteiger partial charge in [-0.25, -0.2) is 22.8 Å². The fourth-order valence-corrected chi connectivity index (χ4v) is 2.52. The Morgan fingerprint density at radius 3 is 2.21 bits per heavy atom. The van der Waals surface area contributed by atoms with Crippen LogP contribution in [0.25, 0.3) is 11.3 Å². The first kappa shape index (κ1) is 18.0. The zero-order valence-electron chi connectivity index (χ0n) is 13.8. The van der Waals surface area contributed by atoms with Crippen LogP contribution in [0.1, 0.15) is 35.9 Å². The molecule has 2 rings (SSSR count). The number of carbonyl (C=O) groups excluding carboxylic acids is 1. The number of aromatic nitrogens is 2. The second kappa shape index (κ2) is 6.64. The first-order chi connectivity index (χ1) is 11.1. The van der Waals surface area contributed by atoms with Gasteiger partial charge in [0.05, 0.1) is 17.5 Å². The molecule has 0 aliphatic carbocycles. The molecule has 0 atom stereocenters. The molecule has 0 saturated carbocycles. The van der Waals surface area contributed by atoms with Crippen molar-refractivity contribution in [3.63, 3.8) is 0 Å². The number of hydrogen-bond acceptors (Lipinski definition) is 5.